The minimum atomic E-state index is -4.36. The molecule has 2 N–H and O–H groups in total. The second kappa shape index (κ2) is 7.78. The van der Waals surface area contributed by atoms with E-state index in [9.17, 15) is 21.6 Å². The van der Waals surface area contributed by atoms with Crippen LogP contribution in [-0.2, 0) is 24.8 Å². The van der Waals surface area contributed by atoms with Crippen molar-refractivity contribution in [2.24, 2.45) is 0 Å². The van der Waals surface area contributed by atoms with Gasteiger partial charge in [-0.15, -0.1) is 4.13 Å². The molecule has 0 saturated carbocycles. The average molecular weight is 431 g/mol. The molecule has 0 spiro atoms. The zero-order chi connectivity index (χ0) is 21.2. The van der Waals surface area contributed by atoms with Crippen molar-refractivity contribution in [2.75, 3.05) is 5.32 Å². The zero-order valence-corrected chi connectivity index (χ0v) is 17.0. The Labute approximate surface area is 169 Å². The molecule has 3 aromatic carbocycles. The van der Waals surface area contributed by atoms with Crippen LogP contribution in [0.15, 0.2) is 88.7 Å². The summed E-state index contributed by atoms with van der Waals surface area (Å²) in [6.07, 6.45) is 0. The van der Waals surface area contributed by atoms with E-state index in [2.05, 4.69) is 11.9 Å². The fourth-order valence-corrected chi connectivity index (χ4v) is 5.75. The summed E-state index contributed by atoms with van der Waals surface area (Å²) >= 11 is 0. The molecule has 0 aliphatic heterocycles. The number of hydrogen-bond acceptors (Lipinski definition) is 5. The first kappa shape index (κ1) is 20.7. The van der Waals surface area contributed by atoms with Crippen LogP contribution in [0.2, 0.25) is 0 Å². The number of anilines is 1. The van der Waals surface area contributed by atoms with Crippen molar-refractivity contribution >= 4 is 42.4 Å². The van der Waals surface area contributed by atoms with Crippen molar-refractivity contribution in [3.05, 3.63) is 78.9 Å². The summed E-state index contributed by atoms with van der Waals surface area (Å²) in [7, 11) is -8.72. The van der Waals surface area contributed by atoms with Crippen LogP contribution in [0.5, 0.6) is 0 Å². The lowest BCUT2D eigenvalue weighted by Gasteiger charge is -2.11. The predicted molar refractivity (Wildman–Crippen MR) is 111 cm³/mol. The Morgan fingerprint density at radius 2 is 1.45 bits per heavy atom. The molecule has 3 rings (SSSR count). The molecule has 9 heteroatoms. The molecule has 0 aliphatic carbocycles. The first-order valence-corrected chi connectivity index (χ1v) is 11.4. The second-order valence-corrected chi connectivity index (χ2v) is 9.92. The van der Waals surface area contributed by atoms with Gasteiger partial charge in [-0.05, 0) is 42.6 Å². The maximum Gasteiger partial charge on any atom is 0.254 e. The van der Waals surface area contributed by atoms with Crippen molar-refractivity contribution in [1.29, 1.82) is 0 Å². The van der Waals surface area contributed by atoms with Crippen LogP contribution in [0.3, 0.4) is 0 Å². The number of amides is 1. The van der Waals surface area contributed by atoms with Gasteiger partial charge in [0.05, 0.1) is 9.79 Å². The Bertz CT molecular complexity index is 1310. The maximum absolute atomic E-state index is 12.8. The van der Waals surface area contributed by atoms with Crippen LogP contribution in [0.4, 0.5) is 5.69 Å². The molecule has 3 aromatic rings. The summed E-state index contributed by atoms with van der Waals surface area (Å²) in [4.78, 5) is 11.2. The molecular formula is C20H18N2O5S2. The minimum Gasteiger partial charge on any atom is -0.322 e. The molecular weight excluding hydrogens is 412 g/mol. The smallest absolute Gasteiger partial charge is 0.254 e. The molecule has 0 radical (unpaired) electrons. The molecule has 0 atom stereocenters. The van der Waals surface area contributed by atoms with Crippen molar-refractivity contribution < 1.29 is 21.6 Å². The number of carbonyl (C=O) groups is 1. The van der Waals surface area contributed by atoms with E-state index in [0.29, 0.717) is 22.0 Å². The van der Waals surface area contributed by atoms with Gasteiger partial charge in [0.25, 0.3) is 26.0 Å². The molecule has 1 amide bonds. The number of rotatable bonds is 6. The molecule has 7 nitrogen and oxygen atoms in total. The standard InChI is InChI=1S/C20H18N2O5S2/c1-14(2)20(23)21-16-10-12-17(13-11-16)28(24,25)22-29(26,27)19-9-5-7-15-6-3-4-8-18(15)19/h3-13,22H,1H2,2H3,(H,21,23). The van der Waals surface area contributed by atoms with Crippen LogP contribution in [0, 0.1) is 0 Å². The lowest BCUT2D eigenvalue weighted by molar-refractivity contribution is -0.112. The quantitative estimate of drug-likeness (QED) is 0.584. The van der Waals surface area contributed by atoms with E-state index in [1.165, 1.54) is 37.3 Å². The van der Waals surface area contributed by atoms with Gasteiger partial charge in [-0.1, -0.05) is 43.0 Å². The Morgan fingerprint density at radius 3 is 2.10 bits per heavy atom. The first-order chi connectivity index (χ1) is 13.6. The fraction of sp³-hybridized carbons (Fsp3) is 0.0500. The predicted octanol–water partition coefficient (Wildman–Crippen LogP) is 3.02. The fourth-order valence-electron chi connectivity index (χ4n) is 2.62. The van der Waals surface area contributed by atoms with E-state index in [1.807, 2.05) is 0 Å². The van der Waals surface area contributed by atoms with Crippen LogP contribution in [0.1, 0.15) is 6.92 Å². The third-order valence-electron chi connectivity index (χ3n) is 4.07. The van der Waals surface area contributed by atoms with Crippen LogP contribution in [-0.4, -0.2) is 22.7 Å². The minimum absolute atomic E-state index is 0.135. The third kappa shape index (κ3) is 4.53. The summed E-state index contributed by atoms with van der Waals surface area (Å²) in [5, 5.41) is 3.63. The number of sulfonamides is 2. The summed E-state index contributed by atoms with van der Waals surface area (Å²) in [5.41, 5.74) is 0.651. The van der Waals surface area contributed by atoms with E-state index < -0.39 is 26.0 Å². The van der Waals surface area contributed by atoms with Crippen molar-refractivity contribution in [1.82, 2.24) is 4.13 Å². The average Bonchev–Trinajstić information content (AvgIpc) is 2.67. The highest BCUT2D eigenvalue weighted by Crippen LogP contribution is 2.24. The Balaban J connectivity index is 1.90. The Morgan fingerprint density at radius 1 is 0.828 bits per heavy atom. The summed E-state index contributed by atoms with van der Waals surface area (Å²) in [6.45, 7) is 5.05. The van der Waals surface area contributed by atoms with Crippen LogP contribution < -0.4 is 9.44 Å². The van der Waals surface area contributed by atoms with Crippen molar-refractivity contribution in [3.8, 4) is 0 Å². The molecule has 0 aliphatic rings. The Hall–Kier alpha value is -3.01. The summed E-state index contributed by atoms with van der Waals surface area (Å²) in [5.74, 6) is -0.405. The first-order valence-electron chi connectivity index (χ1n) is 8.43. The lowest BCUT2D eigenvalue weighted by Crippen LogP contribution is -2.30. The number of nitrogens with one attached hydrogen (secondary N) is 2. The van der Waals surface area contributed by atoms with Gasteiger partial charge in [0, 0.05) is 16.6 Å². The van der Waals surface area contributed by atoms with Gasteiger partial charge in [-0.3, -0.25) is 4.79 Å². The van der Waals surface area contributed by atoms with Gasteiger partial charge in [-0.25, -0.2) is 16.8 Å². The number of benzene rings is 3. The van der Waals surface area contributed by atoms with E-state index in [1.54, 1.807) is 40.5 Å². The van der Waals surface area contributed by atoms with Crippen LogP contribution in [0.25, 0.3) is 10.8 Å². The molecule has 0 heterocycles. The topological polar surface area (TPSA) is 109 Å². The molecule has 0 fully saturated rings. The molecule has 0 saturated heterocycles. The van der Waals surface area contributed by atoms with Gasteiger partial charge in [0.2, 0.25) is 0 Å². The van der Waals surface area contributed by atoms with Crippen molar-refractivity contribution in [3.63, 3.8) is 0 Å². The SMILES string of the molecule is C=C(C)C(=O)Nc1ccc(S(=O)(=O)NS(=O)(=O)c2cccc3ccccc23)cc1. The zero-order valence-electron chi connectivity index (χ0n) is 15.4. The lowest BCUT2D eigenvalue weighted by atomic mass is 10.1. The Kier molecular flexibility index (Phi) is 5.56. The monoisotopic (exact) mass is 430 g/mol. The highest BCUT2D eigenvalue weighted by molar-refractivity contribution is 8.04. The molecule has 0 bridgehead atoms. The molecule has 0 aromatic heterocycles. The normalized spacial score (nSPS) is 11.9. The summed E-state index contributed by atoms with van der Waals surface area (Å²) in [6, 6.07) is 16.5. The largest absolute Gasteiger partial charge is 0.322 e. The molecule has 29 heavy (non-hydrogen) atoms. The van der Waals surface area contributed by atoms with Crippen LogP contribution >= 0.6 is 0 Å². The number of carbonyl (C=O) groups excluding carboxylic acids is 1. The summed E-state index contributed by atoms with van der Waals surface area (Å²) < 4.78 is 52.5. The van der Waals surface area contributed by atoms with Gasteiger partial charge in [-0.2, -0.15) is 0 Å². The third-order valence-corrected chi connectivity index (χ3v) is 7.65. The van der Waals surface area contributed by atoms with E-state index in [0.717, 1.165) is 0 Å². The highest BCUT2D eigenvalue weighted by atomic mass is 32.3. The van der Waals surface area contributed by atoms with Crippen molar-refractivity contribution in [2.45, 2.75) is 16.7 Å². The van der Waals surface area contributed by atoms with Gasteiger partial charge in [0.1, 0.15) is 0 Å². The molecule has 0 unspecified atom stereocenters. The highest BCUT2D eigenvalue weighted by Gasteiger charge is 2.26. The van der Waals surface area contributed by atoms with Gasteiger partial charge in [0.15, 0.2) is 0 Å². The number of hydrogen-bond donors (Lipinski definition) is 2. The van der Waals surface area contributed by atoms with E-state index >= 15 is 0 Å². The van der Waals surface area contributed by atoms with E-state index in [4.69, 9.17) is 0 Å². The van der Waals surface area contributed by atoms with E-state index in [-0.39, 0.29) is 9.79 Å². The maximum atomic E-state index is 12.8. The second-order valence-electron chi connectivity index (χ2n) is 6.33. The number of fused-ring (bicyclic) bond motifs is 1. The van der Waals surface area contributed by atoms with Gasteiger partial charge < -0.3 is 5.32 Å². The van der Waals surface area contributed by atoms with Gasteiger partial charge >= 0.3 is 0 Å². The molecule has 150 valence electrons.